The molecule has 1 atom stereocenters. The number of thiazole rings is 1. The molecule has 1 aromatic heterocycles. The van der Waals surface area contributed by atoms with E-state index in [1.165, 1.54) is 35.0 Å². The van der Waals surface area contributed by atoms with E-state index in [0.717, 1.165) is 45.0 Å². The van der Waals surface area contributed by atoms with Crippen LogP contribution in [0.15, 0.2) is 4.99 Å². The topological polar surface area (TPSA) is 52.6 Å². The summed E-state index contributed by atoms with van der Waals surface area (Å²) in [4.78, 5) is 13.4. The standard InChI is InChI=1S/C18H33N5S.HI/c1-5-16-14(4)24-17(22-16)10-11-20-18(19-6-2)21-13-15-9-8-12-23(15)7-3;/h15H,5-13H2,1-4H3,(H2,19,20,21);1H. The molecule has 1 fully saturated rings. The fraction of sp³-hybridized carbons (Fsp3) is 0.778. The molecule has 25 heavy (non-hydrogen) atoms. The van der Waals surface area contributed by atoms with E-state index >= 15 is 0 Å². The highest BCUT2D eigenvalue weighted by Gasteiger charge is 2.22. The largest absolute Gasteiger partial charge is 0.357 e. The summed E-state index contributed by atoms with van der Waals surface area (Å²) >= 11 is 1.82. The Labute approximate surface area is 174 Å². The van der Waals surface area contributed by atoms with Crippen molar-refractivity contribution in [1.82, 2.24) is 20.5 Å². The van der Waals surface area contributed by atoms with Crippen molar-refractivity contribution in [2.24, 2.45) is 4.99 Å². The molecule has 0 bridgehead atoms. The van der Waals surface area contributed by atoms with Crippen molar-refractivity contribution < 1.29 is 0 Å². The lowest BCUT2D eigenvalue weighted by Gasteiger charge is -2.21. The number of nitrogens with one attached hydrogen (secondary N) is 2. The quantitative estimate of drug-likeness (QED) is 0.342. The minimum Gasteiger partial charge on any atom is -0.357 e. The first-order valence-electron chi connectivity index (χ1n) is 9.39. The van der Waals surface area contributed by atoms with Gasteiger partial charge in [-0.1, -0.05) is 13.8 Å². The summed E-state index contributed by atoms with van der Waals surface area (Å²) in [5, 5.41) is 8.04. The predicted octanol–water partition coefficient (Wildman–Crippen LogP) is 3.21. The fourth-order valence-corrected chi connectivity index (χ4v) is 4.29. The molecule has 2 rings (SSSR count). The minimum atomic E-state index is 0. The first-order valence-corrected chi connectivity index (χ1v) is 10.2. The Kier molecular flexibility index (Phi) is 10.9. The van der Waals surface area contributed by atoms with E-state index in [2.05, 4.69) is 43.2 Å². The van der Waals surface area contributed by atoms with Crippen molar-refractivity contribution >= 4 is 41.3 Å². The summed E-state index contributed by atoms with van der Waals surface area (Å²) in [5.74, 6) is 0.935. The van der Waals surface area contributed by atoms with E-state index in [1.54, 1.807) is 0 Å². The summed E-state index contributed by atoms with van der Waals surface area (Å²) in [6, 6.07) is 0.610. The van der Waals surface area contributed by atoms with Gasteiger partial charge in [-0.15, -0.1) is 35.3 Å². The van der Waals surface area contributed by atoms with Gasteiger partial charge in [0.15, 0.2) is 5.96 Å². The smallest absolute Gasteiger partial charge is 0.191 e. The first kappa shape index (κ1) is 22.6. The highest BCUT2D eigenvalue weighted by atomic mass is 127. The summed E-state index contributed by atoms with van der Waals surface area (Å²) in [7, 11) is 0. The molecule has 1 saturated heterocycles. The number of nitrogens with zero attached hydrogens (tertiary/aromatic N) is 3. The maximum absolute atomic E-state index is 4.80. The van der Waals surface area contributed by atoms with E-state index < -0.39 is 0 Å². The van der Waals surface area contributed by atoms with Gasteiger partial charge in [0.2, 0.25) is 0 Å². The normalized spacial score (nSPS) is 18.2. The summed E-state index contributed by atoms with van der Waals surface area (Å²) in [6.07, 6.45) is 4.56. The number of rotatable bonds is 8. The SMILES string of the molecule is CCNC(=NCC1CCCN1CC)NCCc1nc(CC)c(C)s1.I. The van der Waals surface area contributed by atoms with Gasteiger partial charge in [-0.25, -0.2) is 4.98 Å². The molecule has 0 amide bonds. The van der Waals surface area contributed by atoms with Crippen LogP contribution in [-0.2, 0) is 12.8 Å². The van der Waals surface area contributed by atoms with Crippen LogP contribution in [0.3, 0.4) is 0 Å². The third-order valence-electron chi connectivity index (χ3n) is 4.61. The van der Waals surface area contributed by atoms with Crippen LogP contribution in [0.5, 0.6) is 0 Å². The Hall–Kier alpha value is -0.410. The molecule has 1 aliphatic heterocycles. The third-order valence-corrected chi connectivity index (χ3v) is 5.69. The van der Waals surface area contributed by atoms with Crippen molar-refractivity contribution in [3.8, 4) is 0 Å². The molecule has 2 heterocycles. The lowest BCUT2D eigenvalue weighted by molar-refractivity contribution is 0.273. The number of likely N-dealkylation sites (tertiary alicyclic amines) is 1. The molecule has 144 valence electrons. The Morgan fingerprint density at radius 1 is 1.32 bits per heavy atom. The lowest BCUT2D eigenvalue weighted by Crippen LogP contribution is -2.40. The Morgan fingerprint density at radius 2 is 2.12 bits per heavy atom. The molecule has 0 saturated carbocycles. The van der Waals surface area contributed by atoms with Gasteiger partial charge >= 0.3 is 0 Å². The van der Waals surface area contributed by atoms with E-state index in [-0.39, 0.29) is 24.0 Å². The van der Waals surface area contributed by atoms with Crippen LogP contribution < -0.4 is 10.6 Å². The maximum Gasteiger partial charge on any atom is 0.191 e. The molecule has 7 heteroatoms. The van der Waals surface area contributed by atoms with Gasteiger partial charge in [0.05, 0.1) is 17.2 Å². The van der Waals surface area contributed by atoms with Crippen LogP contribution in [0.25, 0.3) is 0 Å². The molecular weight excluding hydrogens is 445 g/mol. The monoisotopic (exact) mass is 479 g/mol. The summed E-state index contributed by atoms with van der Waals surface area (Å²) < 4.78 is 0. The molecule has 1 aromatic rings. The third kappa shape index (κ3) is 7.02. The number of hydrogen-bond donors (Lipinski definition) is 2. The number of likely N-dealkylation sites (N-methyl/N-ethyl adjacent to an activating group) is 1. The number of aromatic nitrogens is 1. The van der Waals surface area contributed by atoms with Gasteiger partial charge in [-0.2, -0.15) is 0 Å². The molecule has 0 aliphatic carbocycles. The predicted molar refractivity (Wildman–Crippen MR) is 120 cm³/mol. The van der Waals surface area contributed by atoms with Crippen LogP contribution in [0.1, 0.15) is 49.2 Å². The Bertz CT molecular complexity index is 532. The molecule has 0 aromatic carbocycles. The zero-order valence-corrected chi connectivity index (χ0v) is 19.2. The van der Waals surface area contributed by atoms with Gasteiger partial charge in [-0.05, 0) is 46.2 Å². The van der Waals surface area contributed by atoms with Crippen LogP contribution >= 0.6 is 35.3 Å². The van der Waals surface area contributed by atoms with E-state index in [0.29, 0.717) is 6.04 Å². The van der Waals surface area contributed by atoms with Gasteiger partial charge < -0.3 is 10.6 Å². The zero-order chi connectivity index (χ0) is 17.4. The maximum atomic E-state index is 4.80. The number of aryl methyl sites for hydroxylation is 2. The minimum absolute atomic E-state index is 0. The van der Waals surface area contributed by atoms with Crippen molar-refractivity contribution in [3.05, 3.63) is 15.6 Å². The second-order valence-electron chi connectivity index (χ2n) is 6.29. The molecule has 1 aliphatic rings. The van der Waals surface area contributed by atoms with Crippen molar-refractivity contribution in [1.29, 1.82) is 0 Å². The summed E-state index contributed by atoms with van der Waals surface area (Å²) in [5.41, 5.74) is 1.25. The van der Waals surface area contributed by atoms with E-state index in [9.17, 15) is 0 Å². The van der Waals surface area contributed by atoms with Crippen LogP contribution in [-0.4, -0.2) is 54.6 Å². The second kappa shape index (κ2) is 12.1. The van der Waals surface area contributed by atoms with Gasteiger partial charge in [0.25, 0.3) is 0 Å². The zero-order valence-electron chi connectivity index (χ0n) is 16.1. The van der Waals surface area contributed by atoms with Crippen LogP contribution in [0.2, 0.25) is 0 Å². The van der Waals surface area contributed by atoms with Crippen molar-refractivity contribution in [3.63, 3.8) is 0 Å². The van der Waals surface area contributed by atoms with Crippen molar-refractivity contribution in [2.45, 2.75) is 59.4 Å². The molecule has 0 spiro atoms. The van der Waals surface area contributed by atoms with Gasteiger partial charge in [0.1, 0.15) is 0 Å². The van der Waals surface area contributed by atoms with Crippen LogP contribution in [0, 0.1) is 6.92 Å². The van der Waals surface area contributed by atoms with Gasteiger partial charge in [0, 0.05) is 30.4 Å². The van der Waals surface area contributed by atoms with E-state index in [4.69, 9.17) is 9.98 Å². The molecule has 0 radical (unpaired) electrons. The number of hydrogen-bond acceptors (Lipinski definition) is 4. The average Bonchev–Trinajstić information content (AvgIpc) is 3.18. The highest BCUT2D eigenvalue weighted by molar-refractivity contribution is 14.0. The second-order valence-corrected chi connectivity index (χ2v) is 7.57. The Morgan fingerprint density at radius 3 is 2.76 bits per heavy atom. The van der Waals surface area contributed by atoms with Crippen molar-refractivity contribution in [2.75, 3.05) is 32.7 Å². The fourth-order valence-electron chi connectivity index (χ4n) is 3.27. The number of aliphatic imine (C=N–C) groups is 1. The molecule has 2 N–H and O–H groups in total. The Balaban J connectivity index is 0.00000312. The average molecular weight is 479 g/mol. The molecule has 5 nitrogen and oxygen atoms in total. The first-order chi connectivity index (χ1) is 11.7. The number of guanidine groups is 1. The number of halogens is 1. The van der Waals surface area contributed by atoms with Crippen LogP contribution in [0.4, 0.5) is 0 Å². The lowest BCUT2D eigenvalue weighted by atomic mass is 10.2. The summed E-state index contributed by atoms with van der Waals surface area (Å²) in [6.45, 7) is 13.7. The molecular formula is C18H34IN5S. The molecule has 1 unspecified atom stereocenters. The van der Waals surface area contributed by atoms with Gasteiger partial charge in [-0.3, -0.25) is 9.89 Å². The van der Waals surface area contributed by atoms with E-state index in [1.807, 2.05) is 11.3 Å². The highest BCUT2D eigenvalue weighted by Crippen LogP contribution is 2.18.